The normalized spacial score (nSPS) is 18.5. The predicted octanol–water partition coefficient (Wildman–Crippen LogP) is 2.26. The van der Waals surface area contributed by atoms with Crippen LogP contribution in [0.3, 0.4) is 0 Å². The highest BCUT2D eigenvalue weighted by atomic mass is 15.1. The smallest absolute Gasteiger partial charge is 0.00113 e. The maximum absolute atomic E-state index is 3.25. The highest BCUT2D eigenvalue weighted by Gasteiger charge is 2.19. The summed E-state index contributed by atoms with van der Waals surface area (Å²) >= 11 is 0. The molecule has 0 aliphatic carbocycles. The molecule has 0 bridgehead atoms. The molecule has 1 saturated heterocycles. The number of nitrogens with zero attached hydrogens (tertiary/aromatic N) is 1. The third-order valence-electron chi connectivity index (χ3n) is 3.86. The zero-order valence-electron chi connectivity index (χ0n) is 11.1. The van der Waals surface area contributed by atoms with Gasteiger partial charge in [0.2, 0.25) is 0 Å². The summed E-state index contributed by atoms with van der Waals surface area (Å²) in [5.74, 6) is 0.777. The van der Waals surface area contributed by atoms with E-state index in [9.17, 15) is 0 Å². The van der Waals surface area contributed by atoms with E-state index in [1.807, 2.05) is 7.05 Å². The van der Waals surface area contributed by atoms with E-state index in [4.69, 9.17) is 0 Å². The topological polar surface area (TPSA) is 15.3 Å². The minimum atomic E-state index is 0.777. The zero-order chi connectivity index (χ0) is 12.1. The van der Waals surface area contributed by atoms with Crippen LogP contribution in [0, 0.1) is 0 Å². The summed E-state index contributed by atoms with van der Waals surface area (Å²) in [6.45, 7) is 3.56. The van der Waals surface area contributed by atoms with E-state index < -0.39 is 0 Å². The van der Waals surface area contributed by atoms with E-state index in [1.165, 1.54) is 31.5 Å². The van der Waals surface area contributed by atoms with Crippen molar-refractivity contribution in [2.75, 3.05) is 33.7 Å². The molecule has 1 aliphatic heterocycles. The molecule has 0 unspecified atom stereocenters. The molecule has 17 heavy (non-hydrogen) atoms. The third-order valence-corrected chi connectivity index (χ3v) is 3.86. The quantitative estimate of drug-likeness (QED) is 0.856. The standard InChI is InChI=1S/C15H24N2/c1-16-10-7-13-5-3-4-6-15(13)14-8-11-17(2)12-9-14/h3-6,14,16H,7-12H2,1-2H3. The summed E-state index contributed by atoms with van der Waals surface area (Å²) in [4.78, 5) is 2.44. The van der Waals surface area contributed by atoms with Crippen molar-refractivity contribution in [1.29, 1.82) is 0 Å². The molecular weight excluding hydrogens is 208 g/mol. The van der Waals surface area contributed by atoms with Crippen LogP contribution in [0.25, 0.3) is 0 Å². The van der Waals surface area contributed by atoms with Gasteiger partial charge in [-0.1, -0.05) is 24.3 Å². The second kappa shape index (κ2) is 6.18. The van der Waals surface area contributed by atoms with Crippen molar-refractivity contribution in [1.82, 2.24) is 10.2 Å². The van der Waals surface area contributed by atoms with Crippen molar-refractivity contribution in [3.05, 3.63) is 35.4 Å². The van der Waals surface area contributed by atoms with Crippen LogP contribution in [0.15, 0.2) is 24.3 Å². The summed E-state index contributed by atoms with van der Waals surface area (Å²) in [7, 11) is 4.25. The Bertz CT molecular complexity index is 341. The van der Waals surface area contributed by atoms with Gasteiger partial charge in [0.1, 0.15) is 0 Å². The number of benzene rings is 1. The molecule has 2 rings (SSSR count). The fourth-order valence-corrected chi connectivity index (χ4v) is 2.74. The molecule has 2 nitrogen and oxygen atoms in total. The van der Waals surface area contributed by atoms with Gasteiger partial charge >= 0.3 is 0 Å². The minimum absolute atomic E-state index is 0.777. The lowest BCUT2D eigenvalue weighted by atomic mass is 9.86. The lowest BCUT2D eigenvalue weighted by Crippen LogP contribution is -2.29. The van der Waals surface area contributed by atoms with E-state index in [1.54, 1.807) is 5.56 Å². The molecule has 1 fully saturated rings. The molecule has 0 atom stereocenters. The van der Waals surface area contributed by atoms with Gasteiger partial charge in [0, 0.05) is 0 Å². The van der Waals surface area contributed by atoms with E-state index in [-0.39, 0.29) is 0 Å². The molecule has 94 valence electrons. The fraction of sp³-hybridized carbons (Fsp3) is 0.600. The summed E-state index contributed by atoms with van der Waals surface area (Å²) < 4.78 is 0. The van der Waals surface area contributed by atoms with Gasteiger partial charge in [0.25, 0.3) is 0 Å². The number of rotatable bonds is 4. The summed E-state index contributed by atoms with van der Waals surface area (Å²) in [6, 6.07) is 8.99. The fourth-order valence-electron chi connectivity index (χ4n) is 2.74. The lowest BCUT2D eigenvalue weighted by molar-refractivity contribution is 0.255. The molecule has 1 aliphatic rings. The average molecular weight is 232 g/mol. The van der Waals surface area contributed by atoms with Crippen molar-refractivity contribution in [2.45, 2.75) is 25.2 Å². The molecule has 1 heterocycles. The van der Waals surface area contributed by atoms with Crippen molar-refractivity contribution >= 4 is 0 Å². The Kier molecular flexibility index (Phi) is 4.57. The van der Waals surface area contributed by atoms with Gasteiger partial charge in [0.05, 0.1) is 0 Å². The maximum atomic E-state index is 3.25. The SMILES string of the molecule is CNCCc1ccccc1C1CCN(C)CC1. The van der Waals surface area contributed by atoms with Crippen LogP contribution in [0.1, 0.15) is 29.9 Å². The molecule has 1 aromatic carbocycles. The van der Waals surface area contributed by atoms with E-state index >= 15 is 0 Å². The van der Waals surface area contributed by atoms with Gasteiger partial charge in [-0.3, -0.25) is 0 Å². The van der Waals surface area contributed by atoms with E-state index in [0.29, 0.717) is 0 Å². The van der Waals surface area contributed by atoms with Crippen LogP contribution in [0.5, 0.6) is 0 Å². The van der Waals surface area contributed by atoms with Crippen molar-refractivity contribution < 1.29 is 0 Å². The zero-order valence-corrected chi connectivity index (χ0v) is 11.1. The minimum Gasteiger partial charge on any atom is -0.319 e. The average Bonchev–Trinajstić information content (AvgIpc) is 2.38. The molecule has 0 radical (unpaired) electrons. The molecular formula is C15H24N2. The van der Waals surface area contributed by atoms with Crippen LogP contribution in [0.2, 0.25) is 0 Å². The first kappa shape index (κ1) is 12.6. The molecule has 1 N–H and O–H groups in total. The summed E-state index contributed by atoms with van der Waals surface area (Å²) in [5, 5.41) is 3.25. The summed E-state index contributed by atoms with van der Waals surface area (Å²) in [6.07, 6.45) is 3.78. The number of hydrogen-bond donors (Lipinski definition) is 1. The van der Waals surface area contributed by atoms with Gasteiger partial charge in [0.15, 0.2) is 0 Å². The Hall–Kier alpha value is -0.860. The molecule has 1 aromatic rings. The third kappa shape index (κ3) is 3.30. The van der Waals surface area contributed by atoms with Gasteiger partial charge in [-0.25, -0.2) is 0 Å². The van der Waals surface area contributed by atoms with Gasteiger partial charge in [-0.05, 0) is 70.0 Å². The second-order valence-corrected chi connectivity index (χ2v) is 5.13. The lowest BCUT2D eigenvalue weighted by Gasteiger charge is -2.30. The van der Waals surface area contributed by atoms with Crippen LogP contribution in [0.4, 0.5) is 0 Å². The second-order valence-electron chi connectivity index (χ2n) is 5.13. The van der Waals surface area contributed by atoms with Gasteiger partial charge in [-0.15, -0.1) is 0 Å². The van der Waals surface area contributed by atoms with Crippen molar-refractivity contribution in [3.63, 3.8) is 0 Å². The number of likely N-dealkylation sites (tertiary alicyclic amines) is 1. The Morgan fingerprint density at radius 1 is 1.24 bits per heavy atom. The van der Waals surface area contributed by atoms with Crippen LogP contribution >= 0.6 is 0 Å². The highest BCUT2D eigenvalue weighted by molar-refractivity contribution is 5.31. The highest BCUT2D eigenvalue weighted by Crippen LogP contribution is 2.29. The Morgan fingerprint density at radius 3 is 2.65 bits per heavy atom. The van der Waals surface area contributed by atoms with Crippen LogP contribution in [-0.2, 0) is 6.42 Å². The maximum Gasteiger partial charge on any atom is -0.00113 e. The molecule has 0 aromatic heterocycles. The molecule has 2 heteroatoms. The number of likely N-dealkylation sites (N-methyl/N-ethyl adjacent to an activating group) is 1. The van der Waals surface area contributed by atoms with Gasteiger partial charge in [-0.2, -0.15) is 0 Å². The molecule has 0 amide bonds. The summed E-state index contributed by atoms with van der Waals surface area (Å²) in [5.41, 5.74) is 3.13. The largest absolute Gasteiger partial charge is 0.319 e. The first-order valence-electron chi connectivity index (χ1n) is 6.72. The Morgan fingerprint density at radius 2 is 1.94 bits per heavy atom. The number of piperidine rings is 1. The van der Waals surface area contributed by atoms with Gasteiger partial charge < -0.3 is 10.2 Å². The Labute approximate surface area is 105 Å². The first-order valence-corrected chi connectivity index (χ1v) is 6.72. The van der Waals surface area contributed by atoms with Crippen molar-refractivity contribution in [3.8, 4) is 0 Å². The first-order chi connectivity index (χ1) is 8.31. The van der Waals surface area contributed by atoms with Crippen LogP contribution < -0.4 is 5.32 Å². The number of hydrogen-bond acceptors (Lipinski definition) is 2. The number of nitrogens with one attached hydrogen (secondary N) is 1. The molecule has 0 spiro atoms. The Balaban J connectivity index is 2.08. The molecule has 0 saturated carbocycles. The van der Waals surface area contributed by atoms with E-state index in [0.717, 1.165) is 18.9 Å². The van der Waals surface area contributed by atoms with Crippen LogP contribution in [-0.4, -0.2) is 38.6 Å². The predicted molar refractivity (Wildman–Crippen MR) is 73.5 cm³/mol. The van der Waals surface area contributed by atoms with Crippen molar-refractivity contribution in [2.24, 2.45) is 0 Å². The monoisotopic (exact) mass is 232 g/mol. The van der Waals surface area contributed by atoms with E-state index in [2.05, 4.69) is 41.5 Å².